The zero-order valence-corrected chi connectivity index (χ0v) is 11.9. The normalized spacial score (nSPS) is 10.0. The molecule has 0 aromatic heterocycles. The lowest BCUT2D eigenvalue weighted by atomic mass is 10.2. The highest BCUT2D eigenvalue weighted by atomic mass is 19.1. The zero-order valence-electron chi connectivity index (χ0n) is 11.9. The number of rotatable bonds is 4. The van der Waals surface area contributed by atoms with E-state index in [1.807, 2.05) is 0 Å². The monoisotopic (exact) mass is 318 g/mol. The van der Waals surface area contributed by atoms with Crippen LogP contribution in [0.15, 0.2) is 42.5 Å². The van der Waals surface area contributed by atoms with E-state index in [9.17, 15) is 24.1 Å². The molecule has 0 bridgehead atoms. The number of nitrogens with zero attached hydrogens (tertiary/aromatic N) is 1. The first-order chi connectivity index (χ1) is 10.9. The molecule has 8 heteroatoms. The molecule has 1 amide bonds. The maximum Gasteiger partial charge on any atom is 0.343 e. The molecule has 0 aliphatic rings. The number of nitro groups is 1. The molecule has 118 valence electrons. The lowest BCUT2D eigenvalue weighted by Crippen LogP contribution is -2.11. The van der Waals surface area contributed by atoms with Gasteiger partial charge in [-0.3, -0.25) is 14.9 Å². The van der Waals surface area contributed by atoms with E-state index < -0.39 is 28.1 Å². The van der Waals surface area contributed by atoms with E-state index >= 15 is 0 Å². The average Bonchev–Trinajstić information content (AvgIpc) is 2.46. The van der Waals surface area contributed by atoms with E-state index in [1.54, 1.807) is 6.07 Å². The molecule has 2 rings (SSSR count). The fraction of sp³-hybridized carbons (Fsp3) is 0.0667. The van der Waals surface area contributed by atoms with Gasteiger partial charge in [0, 0.05) is 24.7 Å². The molecule has 0 fully saturated rings. The second kappa shape index (κ2) is 6.65. The van der Waals surface area contributed by atoms with Gasteiger partial charge in [0.05, 0.1) is 10.5 Å². The second-order valence-corrected chi connectivity index (χ2v) is 4.52. The standard InChI is InChI=1S/C15H11FN2O5/c1-9(19)17-12-4-2-3-10(7-12)15(20)23-14-8-11(16)5-6-13(14)18(21)22/h2-8H,1H3,(H,17,19). The van der Waals surface area contributed by atoms with Crippen LogP contribution in [0, 0.1) is 15.9 Å². The molecule has 0 unspecified atom stereocenters. The molecule has 2 aromatic rings. The number of hydrogen-bond acceptors (Lipinski definition) is 5. The Bertz CT molecular complexity index is 791. The lowest BCUT2D eigenvalue weighted by Gasteiger charge is -2.07. The number of benzene rings is 2. The Kier molecular flexibility index (Phi) is 4.65. The van der Waals surface area contributed by atoms with Crippen LogP contribution in [0.2, 0.25) is 0 Å². The highest BCUT2D eigenvalue weighted by Gasteiger charge is 2.20. The van der Waals surface area contributed by atoms with E-state index in [0.717, 1.165) is 18.2 Å². The van der Waals surface area contributed by atoms with Crippen LogP contribution in [0.1, 0.15) is 17.3 Å². The third-order valence-corrected chi connectivity index (χ3v) is 2.74. The van der Waals surface area contributed by atoms with Crippen molar-refractivity contribution in [2.75, 3.05) is 5.32 Å². The van der Waals surface area contributed by atoms with Gasteiger partial charge in [-0.1, -0.05) is 6.07 Å². The number of carbonyl (C=O) groups excluding carboxylic acids is 2. The van der Waals surface area contributed by atoms with Crippen LogP contribution in [-0.2, 0) is 4.79 Å². The van der Waals surface area contributed by atoms with Crippen LogP contribution in [0.4, 0.5) is 15.8 Å². The average molecular weight is 318 g/mol. The smallest absolute Gasteiger partial charge is 0.343 e. The summed E-state index contributed by atoms with van der Waals surface area (Å²) in [5, 5.41) is 13.4. The molecular formula is C15H11FN2O5. The minimum Gasteiger partial charge on any atom is -0.415 e. The summed E-state index contributed by atoms with van der Waals surface area (Å²) in [5.41, 5.74) is -0.117. The Morgan fingerprint density at radius 3 is 2.61 bits per heavy atom. The maximum absolute atomic E-state index is 13.2. The van der Waals surface area contributed by atoms with Crippen molar-refractivity contribution in [2.45, 2.75) is 6.92 Å². The largest absolute Gasteiger partial charge is 0.415 e. The number of carbonyl (C=O) groups is 2. The van der Waals surface area contributed by atoms with Gasteiger partial charge in [-0.25, -0.2) is 9.18 Å². The third-order valence-electron chi connectivity index (χ3n) is 2.74. The Morgan fingerprint density at radius 1 is 1.22 bits per heavy atom. The van der Waals surface area contributed by atoms with Crippen molar-refractivity contribution in [1.29, 1.82) is 0 Å². The number of nitro benzene ring substituents is 1. The van der Waals surface area contributed by atoms with Crippen molar-refractivity contribution in [1.82, 2.24) is 0 Å². The molecule has 0 spiro atoms. The molecule has 0 saturated heterocycles. The predicted octanol–water partition coefficient (Wildman–Crippen LogP) is 2.91. The first-order valence-corrected chi connectivity index (χ1v) is 6.40. The van der Waals surface area contributed by atoms with E-state index in [4.69, 9.17) is 4.74 Å². The fourth-order valence-electron chi connectivity index (χ4n) is 1.81. The van der Waals surface area contributed by atoms with Gasteiger partial charge in [0.25, 0.3) is 0 Å². The Hall–Kier alpha value is -3.29. The van der Waals surface area contributed by atoms with Crippen LogP contribution in [0.3, 0.4) is 0 Å². The third kappa shape index (κ3) is 4.10. The molecule has 0 radical (unpaired) electrons. The van der Waals surface area contributed by atoms with Crippen LogP contribution < -0.4 is 10.1 Å². The van der Waals surface area contributed by atoms with Crippen LogP contribution in [0.25, 0.3) is 0 Å². The van der Waals surface area contributed by atoms with Crippen molar-refractivity contribution in [3.63, 3.8) is 0 Å². The molecular weight excluding hydrogens is 307 g/mol. The van der Waals surface area contributed by atoms with Gasteiger partial charge < -0.3 is 10.1 Å². The topological polar surface area (TPSA) is 98.5 Å². The van der Waals surface area contributed by atoms with Crippen molar-refractivity contribution < 1.29 is 23.6 Å². The van der Waals surface area contributed by atoms with Gasteiger partial charge in [0.2, 0.25) is 11.7 Å². The van der Waals surface area contributed by atoms with Crippen LogP contribution >= 0.6 is 0 Å². The Balaban J connectivity index is 2.27. The Morgan fingerprint density at radius 2 is 1.96 bits per heavy atom. The molecule has 1 N–H and O–H groups in total. The first-order valence-electron chi connectivity index (χ1n) is 6.40. The van der Waals surface area contributed by atoms with Gasteiger partial charge in [-0.15, -0.1) is 0 Å². The van der Waals surface area contributed by atoms with Crippen molar-refractivity contribution >= 4 is 23.3 Å². The number of anilines is 1. The van der Waals surface area contributed by atoms with Crippen LogP contribution in [0.5, 0.6) is 5.75 Å². The van der Waals surface area contributed by atoms with Crippen molar-refractivity contribution in [3.05, 3.63) is 64.0 Å². The summed E-state index contributed by atoms with van der Waals surface area (Å²) in [7, 11) is 0. The highest BCUT2D eigenvalue weighted by molar-refractivity contribution is 5.94. The summed E-state index contributed by atoms with van der Waals surface area (Å²) >= 11 is 0. The minimum absolute atomic E-state index is 0.0507. The van der Waals surface area contributed by atoms with Crippen LogP contribution in [-0.4, -0.2) is 16.8 Å². The number of hydrogen-bond donors (Lipinski definition) is 1. The van der Waals surface area contributed by atoms with Gasteiger partial charge in [-0.05, 0) is 24.3 Å². The number of halogens is 1. The summed E-state index contributed by atoms with van der Waals surface area (Å²) in [6, 6.07) is 8.37. The number of esters is 1. The van der Waals surface area contributed by atoms with Gasteiger partial charge in [-0.2, -0.15) is 0 Å². The quantitative estimate of drug-likeness (QED) is 0.404. The zero-order chi connectivity index (χ0) is 17.0. The molecule has 0 heterocycles. The van der Waals surface area contributed by atoms with E-state index in [1.165, 1.54) is 25.1 Å². The molecule has 0 saturated carbocycles. The van der Waals surface area contributed by atoms with Gasteiger partial charge >= 0.3 is 11.7 Å². The summed E-state index contributed by atoms with van der Waals surface area (Å²) in [6.07, 6.45) is 0. The van der Waals surface area contributed by atoms with Crippen molar-refractivity contribution in [3.8, 4) is 5.75 Å². The maximum atomic E-state index is 13.2. The second-order valence-electron chi connectivity index (χ2n) is 4.52. The molecule has 23 heavy (non-hydrogen) atoms. The molecule has 2 aromatic carbocycles. The fourth-order valence-corrected chi connectivity index (χ4v) is 1.81. The number of ether oxygens (including phenoxy) is 1. The van der Waals surface area contributed by atoms with Crippen molar-refractivity contribution in [2.24, 2.45) is 0 Å². The van der Waals surface area contributed by atoms with Gasteiger partial charge in [0.1, 0.15) is 5.82 Å². The lowest BCUT2D eigenvalue weighted by molar-refractivity contribution is -0.385. The number of amides is 1. The summed E-state index contributed by atoms with van der Waals surface area (Å²) in [5.74, 6) is -2.50. The first kappa shape index (κ1) is 16.1. The number of nitrogens with one attached hydrogen (secondary N) is 1. The summed E-state index contributed by atoms with van der Waals surface area (Å²) in [6.45, 7) is 1.31. The SMILES string of the molecule is CC(=O)Nc1cccc(C(=O)Oc2cc(F)ccc2[N+](=O)[O-])c1. The summed E-state index contributed by atoms with van der Waals surface area (Å²) < 4.78 is 18.1. The predicted molar refractivity (Wildman–Crippen MR) is 78.8 cm³/mol. The summed E-state index contributed by atoms with van der Waals surface area (Å²) in [4.78, 5) is 33.1. The molecule has 0 aliphatic carbocycles. The Labute approximate surface area is 129 Å². The van der Waals surface area contributed by atoms with E-state index in [0.29, 0.717) is 5.69 Å². The minimum atomic E-state index is -0.911. The molecule has 0 aliphatic heterocycles. The van der Waals surface area contributed by atoms with E-state index in [-0.39, 0.29) is 11.5 Å². The highest BCUT2D eigenvalue weighted by Crippen LogP contribution is 2.28. The van der Waals surface area contributed by atoms with E-state index in [2.05, 4.69) is 5.32 Å². The van der Waals surface area contributed by atoms with Gasteiger partial charge in [0.15, 0.2) is 0 Å². The molecule has 0 atom stereocenters. The molecule has 7 nitrogen and oxygen atoms in total.